The van der Waals surface area contributed by atoms with Crippen LogP contribution in [0.5, 0.6) is 0 Å². The first-order chi connectivity index (χ1) is 8.06. The van der Waals surface area contributed by atoms with E-state index in [1.54, 1.807) is 0 Å². The molecule has 0 aromatic heterocycles. The predicted octanol–water partition coefficient (Wildman–Crippen LogP) is 3.22. The van der Waals surface area contributed by atoms with Crippen molar-refractivity contribution in [1.82, 2.24) is 5.32 Å². The van der Waals surface area contributed by atoms with Gasteiger partial charge in [-0.15, -0.1) is 0 Å². The van der Waals surface area contributed by atoms with Gasteiger partial charge in [-0.05, 0) is 70.8 Å². The van der Waals surface area contributed by atoms with Crippen LogP contribution >= 0.6 is 0 Å². The van der Waals surface area contributed by atoms with Gasteiger partial charge in [-0.2, -0.15) is 0 Å². The summed E-state index contributed by atoms with van der Waals surface area (Å²) >= 11 is 0. The van der Waals surface area contributed by atoms with Crippen molar-refractivity contribution in [3.05, 3.63) is 0 Å². The van der Waals surface area contributed by atoms with E-state index in [1.807, 2.05) is 0 Å². The largest absolute Gasteiger partial charge is 0.381 e. The molecule has 1 aliphatic heterocycles. The van der Waals surface area contributed by atoms with Crippen LogP contribution in [0.3, 0.4) is 0 Å². The van der Waals surface area contributed by atoms with Crippen molar-refractivity contribution in [1.29, 1.82) is 0 Å². The summed E-state index contributed by atoms with van der Waals surface area (Å²) in [4.78, 5) is 0. The second-order valence-corrected chi connectivity index (χ2v) is 6.96. The molecule has 0 aromatic carbocycles. The molecule has 2 nitrogen and oxygen atoms in total. The van der Waals surface area contributed by atoms with E-state index in [1.165, 1.54) is 38.6 Å². The molecule has 1 saturated heterocycles. The highest BCUT2D eigenvalue weighted by molar-refractivity contribution is 4.86. The van der Waals surface area contributed by atoms with Crippen molar-refractivity contribution in [2.45, 2.75) is 58.4 Å². The SMILES string of the molecule is CC(C)(C)NCC1CCCC1C1CCCOC1. The van der Waals surface area contributed by atoms with E-state index in [4.69, 9.17) is 4.74 Å². The summed E-state index contributed by atoms with van der Waals surface area (Å²) in [7, 11) is 0. The van der Waals surface area contributed by atoms with E-state index in [0.29, 0.717) is 0 Å². The van der Waals surface area contributed by atoms with Gasteiger partial charge in [0.2, 0.25) is 0 Å². The average molecular weight is 239 g/mol. The molecule has 3 atom stereocenters. The Labute approximate surface area is 107 Å². The van der Waals surface area contributed by atoms with Gasteiger partial charge in [0.25, 0.3) is 0 Å². The van der Waals surface area contributed by atoms with Gasteiger partial charge in [0.15, 0.2) is 0 Å². The van der Waals surface area contributed by atoms with Crippen LogP contribution in [0.15, 0.2) is 0 Å². The van der Waals surface area contributed by atoms with E-state index in [2.05, 4.69) is 26.1 Å². The highest BCUT2D eigenvalue weighted by atomic mass is 16.5. The number of rotatable bonds is 3. The third-order valence-corrected chi connectivity index (χ3v) is 4.41. The van der Waals surface area contributed by atoms with E-state index < -0.39 is 0 Å². The Morgan fingerprint density at radius 2 is 1.94 bits per heavy atom. The van der Waals surface area contributed by atoms with Crippen LogP contribution in [0.4, 0.5) is 0 Å². The molecule has 1 heterocycles. The molecular weight excluding hydrogens is 210 g/mol. The zero-order valence-corrected chi connectivity index (χ0v) is 11.8. The van der Waals surface area contributed by atoms with Crippen molar-refractivity contribution >= 4 is 0 Å². The fourth-order valence-corrected chi connectivity index (χ4v) is 3.48. The molecule has 1 N–H and O–H groups in total. The molecule has 0 amide bonds. The molecule has 2 heteroatoms. The van der Waals surface area contributed by atoms with Gasteiger partial charge in [-0.25, -0.2) is 0 Å². The van der Waals surface area contributed by atoms with Gasteiger partial charge in [-0.3, -0.25) is 0 Å². The summed E-state index contributed by atoms with van der Waals surface area (Å²) < 4.78 is 5.67. The third kappa shape index (κ3) is 3.96. The molecule has 0 aromatic rings. The maximum absolute atomic E-state index is 5.67. The minimum atomic E-state index is 0.260. The molecule has 3 unspecified atom stereocenters. The summed E-state index contributed by atoms with van der Waals surface area (Å²) in [5.41, 5.74) is 0.260. The van der Waals surface area contributed by atoms with Crippen molar-refractivity contribution in [3.8, 4) is 0 Å². The normalized spacial score (nSPS) is 35.1. The van der Waals surface area contributed by atoms with Crippen molar-refractivity contribution in [2.24, 2.45) is 17.8 Å². The van der Waals surface area contributed by atoms with Crippen molar-refractivity contribution < 1.29 is 4.74 Å². The first kappa shape index (κ1) is 13.4. The van der Waals surface area contributed by atoms with E-state index >= 15 is 0 Å². The zero-order chi connectivity index (χ0) is 12.3. The van der Waals surface area contributed by atoms with Crippen LogP contribution in [0.2, 0.25) is 0 Å². The molecule has 2 aliphatic rings. The highest BCUT2D eigenvalue weighted by Gasteiger charge is 2.34. The Morgan fingerprint density at radius 1 is 1.12 bits per heavy atom. The standard InChI is InChI=1S/C15H29NO/c1-15(2,3)16-10-12-6-4-8-14(12)13-7-5-9-17-11-13/h12-14,16H,4-11H2,1-3H3. The molecule has 0 radical (unpaired) electrons. The van der Waals surface area contributed by atoms with Crippen molar-refractivity contribution in [2.75, 3.05) is 19.8 Å². The van der Waals surface area contributed by atoms with Gasteiger partial charge in [0.1, 0.15) is 0 Å². The molecule has 0 spiro atoms. The van der Waals surface area contributed by atoms with Crippen LogP contribution < -0.4 is 5.32 Å². The number of ether oxygens (including phenoxy) is 1. The lowest BCUT2D eigenvalue weighted by Gasteiger charge is -2.33. The fourth-order valence-electron chi connectivity index (χ4n) is 3.48. The number of hydrogen-bond donors (Lipinski definition) is 1. The summed E-state index contributed by atoms with van der Waals surface area (Å²) in [6.45, 7) is 10.0. The lowest BCUT2D eigenvalue weighted by Crippen LogP contribution is -2.41. The van der Waals surface area contributed by atoms with Crippen molar-refractivity contribution in [3.63, 3.8) is 0 Å². The van der Waals surface area contributed by atoms with Gasteiger partial charge in [-0.1, -0.05) is 6.42 Å². The third-order valence-electron chi connectivity index (χ3n) is 4.41. The van der Waals surface area contributed by atoms with Crippen LogP contribution in [0, 0.1) is 17.8 Å². The maximum atomic E-state index is 5.67. The van der Waals surface area contributed by atoms with Crippen LogP contribution in [-0.4, -0.2) is 25.3 Å². The summed E-state index contributed by atoms with van der Waals surface area (Å²) in [6, 6.07) is 0. The summed E-state index contributed by atoms with van der Waals surface area (Å²) in [5.74, 6) is 2.66. The molecule has 1 saturated carbocycles. The van der Waals surface area contributed by atoms with Gasteiger partial charge in [0, 0.05) is 18.8 Å². The molecule has 100 valence electrons. The Morgan fingerprint density at radius 3 is 2.59 bits per heavy atom. The quantitative estimate of drug-likeness (QED) is 0.816. The van der Waals surface area contributed by atoms with Gasteiger partial charge >= 0.3 is 0 Å². The first-order valence-corrected chi connectivity index (χ1v) is 7.39. The second kappa shape index (κ2) is 5.71. The fraction of sp³-hybridized carbons (Fsp3) is 1.00. The second-order valence-electron chi connectivity index (χ2n) is 6.96. The lowest BCUT2D eigenvalue weighted by atomic mass is 9.80. The Balaban J connectivity index is 1.83. The Hall–Kier alpha value is -0.0800. The molecule has 17 heavy (non-hydrogen) atoms. The zero-order valence-electron chi connectivity index (χ0n) is 11.8. The minimum absolute atomic E-state index is 0.260. The lowest BCUT2D eigenvalue weighted by molar-refractivity contribution is 0.0216. The molecular formula is C15H29NO. The van der Waals surface area contributed by atoms with Crippen LogP contribution in [-0.2, 0) is 4.74 Å². The monoisotopic (exact) mass is 239 g/mol. The first-order valence-electron chi connectivity index (χ1n) is 7.39. The maximum Gasteiger partial charge on any atom is 0.0497 e. The Kier molecular flexibility index (Phi) is 4.48. The average Bonchev–Trinajstić information content (AvgIpc) is 2.75. The number of hydrogen-bond acceptors (Lipinski definition) is 2. The van der Waals surface area contributed by atoms with E-state index in [9.17, 15) is 0 Å². The highest BCUT2D eigenvalue weighted by Crippen LogP contribution is 2.39. The van der Waals surface area contributed by atoms with Gasteiger partial charge in [0.05, 0.1) is 0 Å². The Bertz CT molecular complexity index is 228. The summed E-state index contributed by atoms with van der Waals surface area (Å²) in [5, 5.41) is 3.69. The van der Waals surface area contributed by atoms with E-state index in [-0.39, 0.29) is 5.54 Å². The minimum Gasteiger partial charge on any atom is -0.381 e. The van der Waals surface area contributed by atoms with E-state index in [0.717, 1.165) is 31.0 Å². The van der Waals surface area contributed by atoms with Gasteiger partial charge < -0.3 is 10.1 Å². The van der Waals surface area contributed by atoms with Crippen LogP contribution in [0.25, 0.3) is 0 Å². The molecule has 0 bridgehead atoms. The predicted molar refractivity (Wildman–Crippen MR) is 72.1 cm³/mol. The number of nitrogens with one attached hydrogen (secondary N) is 1. The smallest absolute Gasteiger partial charge is 0.0497 e. The topological polar surface area (TPSA) is 21.3 Å². The molecule has 1 aliphatic carbocycles. The summed E-state index contributed by atoms with van der Waals surface area (Å²) in [6.07, 6.45) is 6.96. The molecule has 2 fully saturated rings. The molecule has 2 rings (SSSR count). The van der Waals surface area contributed by atoms with Crippen LogP contribution in [0.1, 0.15) is 52.9 Å².